The molecule has 0 saturated carbocycles. The van der Waals surface area contributed by atoms with Crippen LogP contribution in [-0.2, 0) is 0 Å². The van der Waals surface area contributed by atoms with E-state index in [1.54, 1.807) is 12.1 Å². The lowest BCUT2D eigenvalue weighted by Gasteiger charge is -2.17. The standard InChI is InChI=1S/C14H22N2O2S/c1-3-14(15-9-4-5-10-19-2)12-7-6-8-13(11-12)16(17)18/h6-8,11,14-15H,3-5,9-10H2,1-2H3. The maximum absolute atomic E-state index is 10.8. The Balaban J connectivity index is 2.54. The lowest BCUT2D eigenvalue weighted by molar-refractivity contribution is -0.384. The molecule has 1 rings (SSSR count). The molecule has 1 aromatic rings. The van der Waals surface area contributed by atoms with Crippen molar-refractivity contribution in [2.45, 2.75) is 32.2 Å². The van der Waals surface area contributed by atoms with E-state index in [0.717, 1.165) is 24.9 Å². The minimum atomic E-state index is -0.339. The summed E-state index contributed by atoms with van der Waals surface area (Å²) in [6.45, 7) is 3.06. The van der Waals surface area contributed by atoms with Gasteiger partial charge in [-0.05, 0) is 43.4 Å². The number of nitro benzene ring substituents is 1. The van der Waals surface area contributed by atoms with Gasteiger partial charge < -0.3 is 5.32 Å². The van der Waals surface area contributed by atoms with E-state index in [0.29, 0.717) is 0 Å². The molecule has 1 aromatic carbocycles. The van der Waals surface area contributed by atoms with Crippen LogP contribution in [0.1, 0.15) is 37.8 Å². The summed E-state index contributed by atoms with van der Waals surface area (Å²) in [6.07, 6.45) is 5.40. The molecule has 0 bridgehead atoms. The molecule has 0 saturated heterocycles. The van der Waals surface area contributed by atoms with Gasteiger partial charge in [-0.2, -0.15) is 11.8 Å². The summed E-state index contributed by atoms with van der Waals surface area (Å²) >= 11 is 1.87. The number of rotatable bonds is 9. The molecule has 0 fully saturated rings. The molecule has 106 valence electrons. The summed E-state index contributed by atoms with van der Waals surface area (Å²) in [5.74, 6) is 1.19. The predicted molar refractivity (Wildman–Crippen MR) is 81.7 cm³/mol. The Morgan fingerprint density at radius 1 is 1.42 bits per heavy atom. The third-order valence-electron chi connectivity index (χ3n) is 3.06. The van der Waals surface area contributed by atoms with Gasteiger partial charge in [-0.1, -0.05) is 19.1 Å². The van der Waals surface area contributed by atoms with E-state index in [-0.39, 0.29) is 16.7 Å². The summed E-state index contributed by atoms with van der Waals surface area (Å²) in [4.78, 5) is 10.4. The average Bonchev–Trinajstić information content (AvgIpc) is 2.43. The van der Waals surface area contributed by atoms with Crippen LogP contribution in [0.3, 0.4) is 0 Å². The number of nitrogens with one attached hydrogen (secondary N) is 1. The molecule has 0 spiro atoms. The van der Waals surface area contributed by atoms with Crippen molar-refractivity contribution in [3.63, 3.8) is 0 Å². The second kappa shape index (κ2) is 8.93. The van der Waals surface area contributed by atoms with E-state index < -0.39 is 0 Å². The molecule has 1 N–H and O–H groups in total. The first-order valence-electron chi connectivity index (χ1n) is 6.65. The Morgan fingerprint density at radius 2 is 2.21 bits per heavy atom. The summed E-state index contributed by atoms with van der Waals surface area (Å²) in [6, 6.07) is 7.12. The zero-order valence-corrected chi connectivity index (χ0v) is 12.4. The largest absolute Gasteiger partial charge is 0.310 e. The van der Waals surface area contributed by atoms with E-state index in [1.165, 1.54) is 18.2 Å². The molecule has 0 radical (unpaired) electrons. The van der Waals surface area contributed by atoms with Crippen LogP contribution < -0.4 is 5.32 Å². The van der Waals surface area contributed by atoms with E-state index in [9.17, 15) is 10.1 Å². The van der Waals surface area contributed by atoms with Crippen molar-refractivity contribution >= 4 is 17.4 Å². The third-order valence-corrected chi connectivity index (χ3v) is 3.75. The smallest absolute Gasteiger partial charge is 0.269 e. The fourth-order valence-corrected chi connectivity index (χ4v) is 2.49. The summed E-state index contributed by atoms with van der Waals surface area (Å²) in [7, 11) is 0. The van der Waals surface area contributed by atoms with Crippen molar-refractivity contribution in [1.82, 2.24) is 5.32 Å². The number of hydrogen-bond donors (Lipinski definition) is 1. The van der Waals surface area contributed by atoms with Gasteiger partial charge in [-0.3, -0.25) is 10.1 Å². The van der Waals surface area contributed by atoms with E-state index >= 15 is 0 Å². The molecule has 1 unspecified atom stereocenters. The molecular formula is C14H22N2O2S. The molecule has 5 heteroatoms. The highest BCUT2D eigenvalue weighted by Gasteiger charge is 2.12. The van der Waals surface area contributed by atoms with Crippen LogP contribution in [0.15, 0.2) is 24.3 Å². The number of thioether (sulfide) groups is 1. The van der Waals surface area contributed by atoms with E-state index in [1.807, 2.05) is 17.8 Å². The lowest BCUT2D eigenvalue weighted by Crippen LogP contribution is -2.22. The maximum Gasteiger partial charge on any atom is 0.269 e. The second-order valence-corrected chi connectivity index (χ2v) is 5.45. The number of hydrogen-bond acceptors (Lipinski definition) is 4. The minimum absolute atomic E-state index is 0.167. The monoisotopic (exact) mass is 282 g/mol. The quantitative estimate of drug-likeness (QED) is 0.425. The van der Waals surface area contributed by atoms with Crippen LogP contribution in [0, 0.1) is 10.1 Å². The van der Waals surface area contributed by atoms with Gasteiger partial charge in [0, 0.05) is 18.2 Å². The highest BCUT2D eigenvalue weighted by molar-refractivity contribution is 7.98. The maximum atomic E-state index is 10.8. The van der Waals surface area contributed by atoms with Gasteiger partial charge in [0.15, 0.2) is 0 Å². The lowest BCUT2D eigenvalue weighted by atomic mass is 10.0. The van der Waals surface area contributed by atoms with Crippen LogP contribution in [0.2, 0.25) is 0 Å². The van der Waals surface area contributed by atoms with Gasteiger partial charge in [0.05, 0.1) is 4.92 Å². The van der Waals surface area contributed by atoms with Crippen molar-refractivity contribution in [3.8, 4) is 0 Å². The topological polar surface area (TPSA) is 55.2 Å². The van der Waals surface area contributed by atoms with Gasteiger partial charge in [0.1, 0.15) is 0 Å². The molecule has 1 atom stereocenters. The molecule has 4 nitrogen and oxygen atoms in total. The first-order valence-corrected chi connectivity index (χ1v) is 8.05. The molecule has 0 aliphatic carbocycles. The van der Waals surface area contributed by atoms with Crippen molar-refractivity contribution in [3.05, 3.63) is 39.9 Å². The first-order chi connectivity index (χ1) is 9.19. The van der Waals surface area contributed by atoms with Crippen LogP contribution >= 0.6 is 11.8 Å². The van der Waals surface area contributed by atoms with Crippen LogP contribution in [0.25, 0.3) is 0 Å². The zero-order chi connectivity index (χ0) is 14.1. The Hall–Kier alpha value is -1.07. The fraction of sp³-hybridized carbons (Fsp3) is 0.571. The molecule has 0 aliphatic heterocycles. The Morgan fingerprint density at radius 3 is 2.84 bits per heavy atom. The Kier molecular flexibility index (Phi) is 7.52. The molecular weight excluding hydrogens is 260 g/mol. The number of nitro groups is 1. The molecule has 0 amide bonds. The Labute approximate surface area is 119 Å². The number of benzene rings is 1. The van der Waals surface area contributed by atoms with Gasteiger partial charge in [0.25, 0.3) is 5.69 Å². The van der Waals surface area contributed by atoms with E-state index in [4.69, 9.17) is 0 Å². The minimum Gasteiger partial charge on any atom is -0.310 e. The Bertz CT molecular complexity index is 399. The molecule has 0 aromatic heterocycles. The third kappa shape index (κ3) is 5.61. The zero-order valence-electron chi connectivity index (χ0n) is 11.6. The number of unbranched alkanes of at least 4 members (excludes halogenated alkanes) is 1. The summed E-state index contributed by atoms with van der Waals surface area (Å²) in [5, 5.41) is 14.3. The van der Waals surface area contributed by atoms with Crippen molar-refractivity contribution in [2.75, 3.05) is 18.6 Å². The molecule has 0 aliphatic rings. The SMILES string of the molecule is CCC(NCCCCSC)c1cccc([N+](=O)[O-])c1. The van der Waals surface area contributed by atoms with Crippen molar-refractivity contribution in [1.29, 1.82) is 0 Å². The van der Waals surface area contributed by atoms with Crippen LogP contribution in [0.5, 0.6) is 0 Å². The average molecular weight is 282 g/mol. The van der Waals surface area contributed by atoms with Crippen LogP contribution in [0.4, 0.5) is 5.69 Å². The number of nitrogens with zero attached hydrogens (tertiary/aromatic N) is 1. The van der Waals surface area contributed by atoms with Gasteiger partial charge >= 0.3 is 0 Å². The summed E-state index contributed by atoms with van der Waals surface area (Å²) in [5.41, 5.74) is 1.17. The number of non-ortho nitro benzene ring substituents is 1. The second-order valence-electron chi connectivity index (χ2n) is 4.47. The molecule has 0 heterocycles. The van der Waals surface area contributed by atoms with Crippen molar-refractivity contribution in [2.24, 2.45) is 0 Å². The van der Waals surface area contributed by atoms with E-state index in [2.05, 4.69) is 18.5 Å². The first kappa shape index (κ1) is 16.0. The van der Waals surface area contributed by atoms with Gasteiger partial charge in [-0.15, -0.1) is 0 Å². The molecule has 19 heavy (non-hydrogen) atoms. The van der Waals surface area contributed by atoms with Crippen LogP contribution in [-0.4, -0.2) is 23.5 Å². The van der Waals surface area contributed by atoms with Gasteiger partial charge in [0.2, 0.25) is 0 Å². The summed E-state index contributed by atoms with van der Waals surface area (Å²) < 4.78 is 0. The highest BCUT2D eigenvalue weighted by atomic mass is 32.2. The predicted octanol–water partition coefficient (Wildman–Crippen LogP) is 3.78. The fourth-order valence-electron chi connectivity index (χ4n) is 2.00. The van der Waals surface area contributed by atoms with Gasteiger partial charge in [-0.25, -0.2) is 0 Å². The highest BCUT2D eigenvalue weighted by Crippen LogP contribution is 2.21. The van der Waals surface area contributed by atoms with Crippen molar-refractivity contribution < 1.29 is 4.92 Å². The normalized spacial score (nSPS) is 12.3.